The fourth-order valence-corrected chi connectivity index (χ4v) is 1.94. The summed E-state index contributed by atoms with van der Waals surface area (Å²) in [5, 5.41) is 3.23. The normalized spacial score (nSPS) is 10.2. The Kier molecular flexibility index (Phi) is 4.77. The molecule has 0 radical (unpaired) electrons. The predicted octanol–water partition coefficient (Wildman–Crippen LogP) is 2.76. The highest BCUT2D eigenvalue weighted by atomic mass is 16.5. The van der Waals surface area contributed by atoms with Crippen molar-refractivity contribution < 1.29 is 9.53 Å². The number of nitrogen functional groups attached to an aromatic ring is 1. The third-order valence-electron chi connectivity index (χ3n) is 2.97. The molecule has 0 aliphatic rings. The van der Waals surface area contributed by atoms with E-state index in [-0.39, 0.29) is 0 Å². The van der Waals surface area contributed by atoms with Gasteiger partial charge in [-0.25, -0.2) is 4.79 Å². The molecule has 0 aliphatic heterocycles. The highest BCUT2D eigenvalue weighted by Gasteiger charge is 2.11. The Bertz CT molecular complexity index is 641. The van der Waals surface area contributed by atoms with Gasteiger partial charge in [0.1, 0.15) is 0 Å². The number of aromatic nitrogens is 1. The molecule has 1 aromatic heterocycles. The molecule has 21 heavy (non-hydrogen) atoms. The average Bonchev–Trinajstić information content (AvgIpc) is 2.46. The minimum Gasteiger partial charge on any atom is -0.462 e. The van der Waals surface area contributed by atoms with Crippen LogP contribution in [0.25, 0.3) is 0 Å². The van der Waals surface area contributed by atoms with Gasteiger partial charge in [-0.15, -0.1) is 0 Å². The van der Waals surface area contributed by atoms with Crippen molar-refractivity contribution in [3.63, 3.8) is 0 Å². The zero-order valence-corrected chi connectivity index (χ0v) is 12.2. The maximum Gasteiger partial charge on any atom is 0.340 e. The number of aryl methyl sites for hydroxylation is 1. The van der Waals surface area contributed by atoms with E-state index in [1.165, 1.54) is 0 Å². The van der Waals surface area contributed by atoms with Crippen LogP contribution in [0.4, 0.5) is 11.4 Å². The molecule has 3 N–H and O–H groups in total. The van der Waals surface area contributed by atoms with E-state index in [4.69, 9.17) is 10.5 Å². The van der Waals surface area contributed by atoms with Gasteiger partial charge >= 0.3 is 5.97 Å². The van der Waals surface area contributed by atoms with Gasteiger partial charge in [0.05, 0.1) is 24.4 Å². The molecule has 0 spiro atoms. The van der Waals surface area contributed by atoms with Crippen LogP contribution in [0.15, 0.2) is 36.4 Å². The number of carbonyl (C=O) groups is 1. The molecule has 5 heteroatoms. The van der Waals surface area contributed by atoms with E-state index in [0.29, 0.717) is 24.4 Å². The fourth-order valence-electron chi connectivity index (χ4n) is 1.94. The highest BCUT2D eigenvalue weighted by molar-refractivity contribution is 5.96. The lowest BCUT2D eigenvalue weighted by atomic mass is 10.1. The van der Waals surface area contributed by atoms with Crippen LogP contribution < -0.4 is 11.1 Å². The number of hydrogen-bond acceptors (Lipinski definition) is 5. The van der Waals surface area contributed by atoms with Crippen LogP contribution in [0.5, 0.6) is 0 Å². The lowest BCUT2D eigenvalue weighted by Crippen LogP contribution is -2.09. The number of benzene rings is 1. The van der Waals surface area contributed by atoms with E-state index in [1.807, 2.05) is 31.2 Å². The number of nitrogens with one attached hydrogen (secondary N) is 1. The quantitative estimate of drug-likeness (QED) is 0.652. The number of esters is 1. The molecule has 0 atom stereocenters. The number of nitrogens with zero attached hydrogens (tertiary/aromatic N) is 1. The first kappa shape index (κ1) is 14.8. The smallest absolute Gasteiger partial charge is 0.340 e. The van der Waals surface area contributed by atoms with Crippen LogP contribution in [0.1, 0.15) is 28.7 Å². The predicted molar refractivity (Wildman–Crippen MR) is 83.1 cm³/mol. The molecule has 0 saturated heterocycles. The summed E-state index contributed by atoms with van der Waals surface area (Å²) in [6.45, 7) is 4.61. The second kappa shape index (κ2) is 6.74. The summed E-state index contributed by atoms with van der Waals surface area (Å²) in [7, 11) is 0. The molecule has 1 aromatic carbocycles. The van der Waals surface area contributed by atoms with Gasteiger partial charge in [0, 0.05) is 17.1 Å². The number of carbonyl (C=O) groups excluding carboxylic acids is 1. The molecule has 110 valence electrons. The number of pyridine rings is 1. The summed E-state index contributed by atoms with van der Waals surface area (Å²) in [6, 6.07) is 11.1. The molecule has 0 bridgehead atoms. The van der Waals surface area contributed by atoms with Crippen molar-refractivity contribution in [2.24, 2.45) is 0 Å². The summed E-state index contributed by atoms with van der Waals surface area (Å²) >= 11 is 0. The van der Waals surface area contributed by atoms with E-state index in [9.17, 15) is 4.79 Å². The van der Waals surface area contributed by atoms with Crippen molar-refractivity contribution in [2.45, 2.75) is 20.4 Å². The van der Waals surface area contributed by atoms with E-state index >= 15 is 0 Å². The van der Waals surface area contributed by atoms with Crippen molar-refractivity contribution in [3.05, 3.63) is 53.3 Å². The van der Waals surface area contributed by atoms with Crippen LogP contribution >= 0.6 is 0 Å². The summed E-state index contributed by atoms with van der Waals surface area (Å²) < 4.78 is 4.98. The van der Waals surface area contributed by atoms with Gasteiger partial charge < -0.3 is 15.8 Å². The van der Waals surface area contributed by atoms with E-state index < -0.39 is 5.97 Å². The molecule has 0 aliphatic carbocycles. The topological polar surface area (TPSA) is 77.2 Å². The Morgan fingerprint density at radius 1 is 1.33 bits per heavy atom. The first-order valence-corrected chi connectivity index (χ1v) is 6.83. The van der Waals surface area contributed by atoms with Crippen LogP contribution in [-0.4, -0.2) is 17.6 Å². The highest BCUT2D eigenvalue weighted by Crippen LogP contribution is 2.19. The van der Waals surface area contributed by atoms with Gasteiger partial charge in [0.2, 0.25) is 0 Å². The first-order chi connectivity index (χ1) is 10.1. The van der Waals surface area contributed by atoms with Crippen LogP contribution in [0, 0.1) is 6.92 Å². The van der Waals surface area contributed by atoms with Gasteiger partial charge in [-0.3, -0.25) is 4.98 Å². The number of hydrogen-bond donors (Lipinski definition) is 2. The summed E-state index contributed by atoms with van der Waals surface area (Å²) in [5.41, 5.74) is 9.30. The number of ether oxygens (including phenoxy) is 1. The van der Waals surface area contributed by atoms with Crippen LogP contribution in [0.3, 0.4) is 0 Å². The lowest BCUT2D eigenvalue weighted by molar-refractivity contribution is 0.0527. The fraction of sp³-hybridized carbons (Fsp3) is 0.250. The van der Waals surface area contributed by atoms with Crippen molar-refractivity contribution in [3.8, 4) is 0 Å². The van der Waals surface area contributed by atoms with Gasteiger partial charge in [0.15, 0.2) is 0 Å². The Labute approximate surface area is 124 Å². The van der Waals surface area contributed by atoms with Gasteiger partial charge in [-0.2, -0.15) is 0 Å². The summed E-state index contributed by atoms with van der Waals surface area (Å²) in [5.74, 6) is -0.410. The summed E-state index contributed by atoms with van der Waals surface area (Å²) in [4.78, 5) is 16.2. The maximum absolute atomic E-state index is 11.8. The van der Waals surface area contributed by atoms with Crippen LogP contribution in [-0.2, 0) is 11.3 Å². The van der Waals surface area contributed by atoms with Crippen LogP contribution in [0.2, 0.25) is 0 Å². The largest absolute Gasteiger partial charge is 0.462 e. The Morgan fingerprint density at radius 3 is 2.86 bits per heavy atom. The second-order valence-electron chi connectivity index (χ2n) is 4.65. The van der Waals surface area contributed by atoms with Crippen molar-refractivity contribution in [1.29, 1.82) is 0 Å². The monoisotopic (exact) mass is 285 g/mol. The van der Waals surface area contributed by atoms with Gasteiger partial charge in [-0.05, 0) is 44.2 Å². The van der Waals surface area contributed by atoms with Gasteiger partial charge in [-0.1, -0.05) is 6.07 Å². The first-order valence-electron chi connectivity index (χ1n) is 6.83. The molecule has 0 amide bonds. The number of anilines is 2. The molecule has 2 rings (SSSR count). The van der Waals surface area contributed by atoms with Crippen molar-refractivity contribution in [1.82, 2.24) is 4.98 Å². The molecule has 0 unspecified atom stereocenters. The molecule has 0 saturated carbocycles. The van der Waals surface area contributed by atoms with Gasteiger partial charge in [0.25, 0.3) is 0 Å². The molecule has 5 nitrogen and oxygen atoms in total. The van der Waals surface area contributed by atoms with E-state index in [2.05, 4.69) is 10.3 Å². The Hall–Kier alpha value is -2.56. The minimum atomic E-state index is -0.410. The number of rotatable bonds is 5. The SMILES string of the molecule is CCOC(=O)c1cc(NCc2cccc(C)n2)ccc1N. The molecule has 2 aromatic rings. The third-order valence-corrected chi connectivity index (χ3v) is 2.97. The zero-order chi connectivity index (χ0) is 15.2. The molecular weight excluding hydrogens is 266 g/mol. The molecule has 1 heterocycles. The Balaban J connectivity index is 2.10. The second-order valence-corrected chi connectivity index (χ2v) is 4.65. The van der Waals surface area contributed by atoms with Crippen molar-refractivity contribution >= 4 is 17.3 Å². The lowest BCUT2D eigenvalue weighted by Gasteiger charge is -2.10. The standard InChI is InChI=1S/C16H19N3O2/c1-3-21-16(20)14-9-12(7-8-15(14)17)18-10-13-6-4-5-11(2)19-13/h4-9,18H,3,10,17H2,1-2H3. The van der Waals surface area contributed by atoms with E-state index in [1.54, 1.807) is 19.1 Å². The van der Waals surface area contributed by atoms with E-state index in [0.717, 1.165) is 17.1 Å². The summed E-state index contributed by atoms with van der Waals surface area (Å²) in [6.07, 6.45) is 0. The average molecular weight is 285 g/mol. The number of nitrogens with two attached hydrogens (primary N) is 1. The maximum atomic E-state index is 11.8. The van der Waals surface area contributed by atoms with Crippen molar-refractivity contribution in [2.75, 3.05) is 17.7 Å². The minimum absolute atomic E-state index is 0.323. The molecular formula is C16H19N3O2. The Morgan fingerprint density at radius 2 is 2.14 bits per heavy atom. The third kappa shape index (κ3) is 3.95. The zero-order valence-electron chi connectivity index (χ0n) is 12.2. The molecule has 0 fully saturated rings.